The molecule has 0 bridgehead atoms. The van der Waals surface area contributed by atoms with Crippen molar-refractivity contribution in [3.8, 4) is 23.0 Å². The van der Waals surface area contributed by atoms with Gasteiger partial charge in [0.2, 0.25) is 5.78 Å². The van der Waals surface area contributed by atoms with Gasteiger partial charge in [-0.25, -0.2) is 4.39 Å². The summed E-state index contributed by atoms with van der Waals surface area (Å²) >= 11 is 1.29. The molecule has 4 aromatic rings. The van der Waals surface area contributed by atoms with Gasteiger partial charge in [-0.15, -0.1) is 11.3 Å². The summed E-state index contributed by atoms with van der Waals surface area (Å²) in [6, 6.07) is 18.4. The van der Waals surface area contributed by atoms with Crippen LogP contribution in [-0.4, -0.2) is 32.6 Å². The van der Waals surface area contributed by atoms with Crippen molar-refractivity contribution < 1.29 is 23.4 Å². The number of methoxy groups -OCH3 is 1. The largest absolute Gasteiger partial charge is 0.497 e. The Labute approximate surface area is 195 Å². The number of likely N-dealkylation sites (N-methyl/N-ethyl adjacent to an activating group) is 1. The molecule has 1 aromatic heterocycles. The number of carbonyl (C=O) groups excluding carboxylic acids is 1. The van der Waals surface area contributed by atoms with E-state index in [1.807, 2.05) is 37.3 Å². The Morgan fingerprint density at radius 2 is 1.76 bits per heavy atom. The molecular formula is C26H24FNO4S. The van der Waals surface area contributed by atoms with Gasteiger partial charge in [0.05, 0.1) is 7.11 Å². The second-order valence-corrected chi connectivity index (χ2v) is 8.29. The first-order valence-electron chi connectivity index (χ1n) is 10.6. The van der Waals surface area contributed by atoms with E-state index in [0.29, 0.717) is 28.7 Å². The minimum Gasteiger partial charge on any atom is -0.497 e. The molecule has 0 saturated heterocycles. The Morgan fingerprint density at radius 3 is 2.48 bits per heavy atom. The van der Waals surface area contributed by atoms with E-state index in [-0.39, 0.29) is 11.3 Å². The lowest BCUT2D eigenvalue weighted by Gasteiger charge is -2.10. The van der Waals surface area contributed by atoms with Gasteiger partial charge in [0.1, 0.15) is 34.5 Å². The van der Waals surface area contributed by atoms with Crippen molar-refractivity contribution in [2.75, 3.05) is 26.8 Å². The molecule has 1 N–H and O–H groups in total. The fraction of sp³-hybridized carbons (Fsp3) is 0.192. The zero-order chi connectivity index (χ0) is 23.2. The van der Waals surface area contributed by atoms with Crippen molar-refractivity contribution in [2.24, 2.45) is 0 Å². The maximum Gasteiger partial charge on any atom is 0.206 e. The van der Waals surface area contributed by atoms with Gasteiger partial charge >= 0.3 is 0 Å². The number of ether oxygens (including phenoxy) is 3. The number of rotatable bonds is 10. The second-order valence-electron chi connectivity index (χ2n) is 7.24. The summed E-state index contributed by atoms with van der Waals surface area (Å²) in [6.07, 6.45) is 0. The van der Waals surface area contributed by atoms with Crippen LogP contribution in [0.15, 0.2) is 66.7 Å². The normalized spacial score (nSPS) is 10.9. The van der Waals surface area contributed by atoms with Gasteiger partial charge in [-0.1, -0.05) is 19.1 Å². The quantitative estimate of drug-likeness (QED) is 0.228. The Kier molecular flexibility index (Phi) is 7.22. The van der Waals surface area contributed by atoms with Crippen molar-refractivity contribution in [1.82, 2.24) is 5.32 Å². The highest BCUT2D eigenvalue weighted by Crippen LogP contribution is 2.43. The average molecular weight is 466 g/mol. The number of ketones is 1. The fourth-order valence-electron chi connectivity index (χ4n) is 3.33. The SMILES string of the molecule is CCNCCOc1ccc(Oc2c(C(=O)c3cccc(F)c3)sc3cc(OC)ccc23)cc1. The number of hydrogen-bond donors (Lipinski definition) is 1. The highest BCUT2D eigenvalue weighted by atomic mass is 32.1. The minimum atomic E-state index is -0.462. The molecule has 0 aliphatic rings. The number of fused-ring (bicyclic) bond motifs is 1. The molecule has 0 fully saturated rings. The lowest BCUT2D eigenvalue weighted by atomic mass is 10.1. The van der Waals surface area contributed by atoms with E-state index in [9.17, 15) is 9.18 Å². The highest BCUT2D eigenvalue weighted by molar-refractivity contribution is 7.21. The summed E-state index contributed by atoms with van der Waals surface area (Å²) in [5.74, 6) is 1.66. The molecule has 0 atom stereocenters. The predicted molar refractivity (Wildman–Crippen MR) is 129 cm³/mol. The second kappa shape index (κ2) is 10.5. The summed E-state index contributed by atoms with van der Waals surface area (Å²) in [5, 5.41) is 3.99. The number of carbonyl (C=O) groups is 1. The number of hydrogen-bond acceptors (Lipinski definition) is 6. The summed E-state index contributed by atoms with van der Waals surface area (Å²) in [7, 11) is 1.59. The number of halogens is 1. The van der Waals surface area contributed by atoms with Gasteiger partial charge in [0.15, 0.2) is 5.75 Å². The molecule has 3 aromatic carbocycles. The van der Waals surface area contributed by atoms with Crippen LogP contribution in [0.5, 0.6) is 23.0 Å². The standard InChI is InChI=1S/C26H24FNO4S/c1-3-28-13-14-31-19-7-9-20(10-8-19)32-25-22-12-11-21(30-2)16-23(22)33-26(25)24(29)17-5-4-6-18(27)15-17/h4-12,15-16,28H,3,13-14H2,1-2H3. The lowest BCUT2D eigenvalue weighted by Crippen LogP contribution is -2.20. The van der Waals surface area contributed by atoms with Crippen LogP contribution in [0, 0.1) is 5.82 Å². The number of nitrogens with one attached hydrogen (secondary N) is 1. The van der Waals surface area contributed by atoms with Crippen LogP contribution in [0.1, 0.15) is 22.2 Å². The molecule has 0 aliphatic carbocycles. The third kappa shape index (κ3) is 5.32. The summed E-state index contributed by atoms with van der Waals surface area (Å²) in [5.41, 5.74) is 0.266. The topological polar surface area (TPSA) is 56.8 Å². The van der Waals surface area contributed by atoms with Gasteiger partial charge in [0.25, 0.3) is 0 Å². The van der Waals surface area contributed by atoms with E-state index in [0.717, 1.165) is 28.9 Å². The molecule has 0 aliphatic heterocycles. The average Bonchev–Trinajstić information content (AvgIpc) is 3.19. The van der Waals surface area contributed by atoms with E-state index >= 15 is 0 Å². The molecule has 33 heavy (non-hydrogen) atoms. The highest BCUT2D eigenvalue weighted by Gasteiger charge is 2.22. The summed E-state index contributed by atoms with van der Waals surface area (Å²) in [6.45, 7) is 4.28. The fourth-order valence-corrected chi connectivity index (χ4v) is 4.45. The molecule has 170 valence electrons. The molecule has 7 heteroatoms. The van der Waals surface area contributed by atoms with Gasteiger partial charge in [-0.05, 0) is 61.1 Å². The smallest absolute Gasteiger partial charge is 0.206 e. The van der Waals surface area contributed by atoms with Gasteiger partial charge < -0.3 is 19.5 Å². The zero-order valence-electron chi connectivity index (χ0n) is 18.4. The first-order valence-corrected chi connectivity index (χ1v) is 11.4. The van der Waals surface area contributed by atoms with Crippen molar-refractivity contribution in [1.29, 1.82) is 0 Å². The van der Waals surface area contributed by atoms with Gasteiger partial charge in [0, 0.05) is 22.2 Å². The maximum atomic E-state index is 13.8. The molecule has 0 amide bonds. The molecular weight excluding hydrogens is 441 g/mol. The van der Waals surface area contributed by atoms with E-state index in [1.165, 1.54) is 29.5 Å². The van der Waals surface area contributed by atoms with Crippen LogP contribution in [0.2, 0.25) is 0 Å². The van der Waals surface area contributed by atoms with Crippen LogP contribution in [-0.2, 0) is 0 Å². The van der Waals surface area contributed by atoms with Crippen LogP contribution in [0.3, 0.4) is 0 Å². The molecule has 0 spiro atoms. The van der Waals surface area contributed by atoms with E-state index in [4.69, 9.17) is 14.2 Å². The number of benzene rings is 3. The Balaban J connectivity index is 1.65. The summed E-state index contributed by atoms with van der Waals surface area (Å²) in [4.78, 5) is 13.7. The first kappa shape index (κ1) is 22.8. The van der Waals surface area contributed by atoms with E-state index in [1.54, 1.807) is 25.3 Å². The Morgan fingerprint density at radius 1 is 1.00 bits per heavy atom. The third-order valence-electron chi connectivity index (χ3n) is 4.99. The van der Waals surface area contributed by atoms with Crippen molar-refractivity contribution in [3.63, 3.8) is 0 Å². The van der Waals surface area contributed by atoms with Crippen LogP contribution in [0.4, 0.5) is 4.39 Å². The lowest BCUT2D eigenvalue weighted by molar-refractivity contribution is 0.104. The van der Waals surface area contributed by atoms with Gasteiger partial charge in [-0.3, -0.25) is 4.79 Å². The monoisotopic (exact) mass is 465 g/mol. The molecule has 0 unspecified atom stereocenters. The minimum absolute atomic E-state index is 0.266. The molecule has 0 radical (unpaired) electrons. The number of thiophene rings is 1. The van der Waals surface area contributed by atoms with Gasteiger partial charge in [-0.2, -0.15) is 0 Å². The predicted octanol–water partition coefficient (Wildman–Crippen LogP) is 6.06. The van der Waals surface area contributed by atoms with Crippen molar-refractivity contribution in [3.05, 3.63) is 83.0 Å². The zero-order valence-corrected chi connectivity index (χ0v) is 19.2. The van der Waals surface area contributed by atoms with E-state index in [2.05, 4.69) is 5.32 Å². The van der Waals surface area contributed by atoms with Crippen molar-refractivity contribution in [2.45, 2.75) is 6.92 Å². The van der Waals surface area contributed by atoms with Crippen LogP contribution >= 0.6 is 11.3 Å². The third-order valence-corrected chi connectivity index (χ3v) is 6.12. The van der Waals surface area contributed by atoms with Crippen LogP contribution < -0.4 is 19.5 Å². The van der Waals surface area contributed by atoms with E-state index < -0.39 is 5.82 Å². The Hall–Kier alpha value is -3.42. The molecule has 4 rings (SSSR count). The first-order chi connectivity index (χ1) is 16.1. The summed E-state index contributed by atoms with van der Waals surface area (Å²) < 4.78 is 31.8. The van der Waals surface area contributed by atoms with Crippen molar-refractivity contribution >= 4 is 27.2 Å². The Bertz CT molecular complexity index is 1250. The molecule has 1 heterocycles. The molecule has 5 nitrogen and oxygen atoms in total. The molecule has 0 saturated carbocycles. The van der Waals surface area contributed by atoms with Crippen LogP contribution in [0.25, 0.3) is 10.1 Å². The maximum absolute atomic E-state index is 13.8.